The highest BCUT2D eigenvalue weighted by Crippen LogP contribution is 2.36. The summed E-state index contributed by atoms with van der Waals surface area (Å²) < 4.78 is 39.2. The molecule has 1 aliphatic carbocycles. The molecule has 1 fully saturated rings. The number of hydrogen-bond acceptors (Lipinski definition) is 5. The summed E-state index contributed by atoms with van der Waals surface area (Å²) in [6, 6.07) is 10.5. The molecule has 1 unspecified atom stereocenters. The van der Waals surface area contributed by atoms with E-state index in [0.29, 0.717) is 28.0 Å². The van der Waals surface area contributed by atoms with Gasteiger partial charge in [-0.25, -0.2) is 0 Å². The summed E-state index contributed by atoms with van der Waals surface area (Å²) in [7, 11) is 0. The van der Waals surface area contributed by atoms with E-state index in [1.165, 1.54) is 0 Å². The van der Waals surface area contributed by atoms with Crippen molar-refractivity contribution in [3.8, 4) is 6.07 Å². The first-order valence-corrected chi connectivity index (χ1v) is 10.9. The lowest BCUT2D eigenvalue weighted by Gasteiger charge is -2.27. The van der Waals surface area contributed by atoms with Crippen molar-refractivity contribution in [1.82, 2.24) is 20.1 Å². The maximum atomic E-state index is 12.6. The number of fused-ring (bicyclic) bond motifs is 1. The molecule has 0 saturated heterocycles. The van der Waals surface area contributed by atoms with E-state index in [1.54, 1.807) is 48.1 Å². The van der Waals surface area contributed by atoms with Gasteiger partial charge in [-0.2, -0.15) is 23.5 Å². The number of rotatable bonds is 6. The molecule has 3 aromatic rings. The van der Waals surface area contributed by atoms with Gasteiger partial charge in [-0.3, -0.25) is 9.48 Å². The van der Waals surface area contributed by atoms with Crippen LogP contribution in [-0.4, -0.2) is 27.5 Å². The van der Waals surface area contributed by atoms with Gasteiger partial charge in [0, 0.05) is 17.9 Å². The SMILES string of the molecule is CC(NCC(F)(F)F)c1ccc(Nc2nn([C@H]3CCCC[C@@H]3C#N)c3cc[nH]c(=O)c23)cc1. The maximum absolute atomic E-state index is 12.6. The lowest BCUT2D eigenvalue weighted by atomic mass is 9.85. The van der Waals surface area contributed by atoms with Crippen LogP contribution in [0, 0.1) is 17.2 Å². The Morgan fingerprint density at radius 2 is 1.97 bits per heavy atom. The number of H-pyrrole nitrogens is 1. The topological polar surface area (TPSA) is 98.5 Å². The maximum Gasteiger partial charge on any atom is 0.401 e. The second-order valence-electron chi connectivity index (χ2n) is 8.41. The zero-order chi connectivity index (χ0) is 23.6. The zero-order valence-corrected chi connectivity index (χ0v) is 18.1. The molecule has 0 amide bonds. The van der Waals surface area contributed by atoms with Crippen LogP contribution in [0.2, 0.25) is 0 Å². The molecule has 1 aromatic carbocycles. The summed E-state index contributed by atoms with van der Waals surface area (Å²) in [5, 5.41) is 20.3. The van der Waals surface area contributed by atoms with Crippen molar-refractivity contribution in [1.29, 1.82) is 5.26 Å². The predicted molar refractivity (Wildman–Crippen MR) is 119 cm³/mol. The van der Waals surface area contributed by atoms with Crippen LogP contribution in [0.5, 0.6) is 0 Å². The normalized spacial score (nSPS) is 19.8. The molecule has 0 bridgehead atoms. The van der Waals surface area contributed by atoms with Gasteiger partial charge in [0.25, 0.3) is 5.56 Å². The van der Waals surface area contributed by atoms with E-state index in [1.807, 2.05) is 0 Å². The van der Waals surface area contributed by atoms with Gasteiger partial charge >= 0.3 is 6.18 Å². The fourth-order valence-corrected chi connectivity index (χ4v) is 4.37. The summed E-state index contributed by atoms with van der Waals surface area (Å²) in [6.45, 7) is 0.601. The monoisotopic (exact) mass is 458 g/mol. The van der Waals surface area contributed by atoms with Gasteiger partial charge < -0.3 is 15.6 Å². The number of aromatic amines is 1. The van der Waals surface area contributed by atoms with Crippen LogP contribution in [0.4, 0.5) is 24.7 Å². The van der Waals surface area contributed by atoms with E-state index in [9.17, 15) is 23.2 Å². The average molecular weight is 458 g/mol. The molecule has 0 spiro atoms. The van der Waals surface area contributed by atoms with E-state index in [0.717, 1.165) is 25.7 Å². The summed E-state index contributed by atoms with van der Waals surface area (Å²) in [5.41, 5.74) is 1.73. The van der Waals surface area contributed by atoms with E-state index >= 15 is 0 Å². The first-order chi connectivity index (χ1) is 15.8. The average Bonchev–Trinajstić information content (AvgIpc) is 3.16. The van der Waals surface area contributed by atoms with Crippen LogP contribution >= 0.6 is 0 Å². The molecule has 4 rings (SSSR count). The Balaban J connectivity index is 1.60. The number of halogens is 3. The number of aromatic nitrogens is 3. The van der Waals surface area contributed by atoms with E-state index in [2.05, 4.69) is 26.8 Å². The Morgan fingerprint density at radius 3 is 2.67 bits per heavy atom. The minimum absolute atomic E-state index is 0.105. The summed E-state index contributed by atoms with van der Waals surface area (Å²) in [5.74, 6) is 0.212. The summed E-state index contributed by atoms with van der Waals surface area (Å²) in [4.78, 5) is 15.3. The number of hydrogen-bond donors (Lipinski definition) is 3. The Morgan fingerprint density at radius 1 is 1.24 bits per heavy atom. The Labute approximate surface area is 188 Å². The van der Waals surface area contributed by atoms with Crippen molar-refractivity contribution in [3.05, 3.63) is 52.4 Å². The van der Waals surface area contributed by atoms with Crippen LogP contribution in [-0.2, 0) is 0 Å². The number of nitriles is 1. The molecule has 0 radical (unpaired) electrons. The van der Waals surface area contributed by atoms with Crippen molar-refractivity contribution in [2.24, 2.45) is 5.92 Å². The number of nitrogens with zero attached hydrogens (tertiary/aromatic N) is 3. The molecule has 3 atom stereocenters. The molecule has 3 N–H and O–H groups in total. The third kappa shape index (κ3) is 5.03. The van der Waals surface area contributed by atoms with Gasteiger partial charge in [0.1, 0.15) is 5.39 Å². The number of anilines is 2. The van der Waals surface area contributed by atoms with Crippen molar-refractivity contribution >= 4 is 22.4 Å². The van der Waals surface area contributed by atoms with Crippen molar-refractivity contribution in [3.63, 3.8) is 0 Å². The molecule has 0 aliphatic heterocycles. The molecule has 1 aliphatic rings. The van der Waals surface area contributed by atoms with Crippen molar-refractivity contribution in [2.75, 3.05) is 11.9 Å². The van der Waals surface area contributed by atoms with Crippen LogP contribution in [0.3, 0.4) is 0 Å². The fourth-order valence-electron chi connectivity index (χ4n) is 4.37. The third-order valence-corrected chi connectivity index (χ3v) is 6.12. The standard InChI is InChI=1S/C23H25F3N6O/c1-14(29-13-23(24,25)26)15-6-8-17(9-7-15)30-21-20-19(10-11-28-22(20)33)32(31-21)18-5-3-2-4-16(18)12-27/h6-11,14,16,18,29H,2-5,13H2,1H3,(H,28,33)(H,30,31)/t14?,16-,18+/m1/s1. The molecule has 174 valence electrons. The highest BCUT2D eigenvalue weighted by Gasteiger charge is 2.30. The Hall–Kier alpha value is -3.32. The first-order valence-electron chi connectivity index (χ1n) is 10.9. The molecule has 1 saturated carbocycles. The zero-order valence-electron chi connectivity index (χ0n) is 18.1. The number of alkyl halides is 3. The molecule has 33 heavy (non-hydrogen) atoms. The smallest absolute Gasteiger partial charge is 0.338 e. The summed E-state index contributed by atoms with van der Waals surface area (Å²) >= 11 is 0. The van der Waals surface area contributed by atoms with E-state index in [4.69, 9.17) is 0 Å². The Kier molecular flexibility index (Phi) is 6.42. The van der Waals surface area contributed by atoms with Crippen LogP contribution < -0.4 is 16.2 Å². The van der Waals surface area contributed by atoms with Crippen molar-refractivity contribution < 1.29 is 13.2 Å². The highest BCUT2D eigenvalue weighted by molar-refractivity contribution is 5.91. The van der Waals surface area contributed by atoms with Gasteiger partial charge in [-0.1, -0.05) is 25.0 Å². The molecule has 2 heterocycles. The summed E-state index contributed by atoms with van der Waals surface area (Å²) in [6.07, 6.45) is 0.919. The van der Waals surface area contributed by atoms with Gasteiger partial charge in [-0.05, 0) is 43.5 Å². The number of pyridine rings is 1. The minimum Gasteiger partial charge on any atom is -0.338 e. The van der Waals surface area contributed by atoms with E-state index < -0.39 is 18.8 Å². The van der Waals surface area contributed by atoms with Crippen LogP contribution in [0.25, 0.3) is 10.9 Å². The second kappa shape index (κ2) is 9.27. The lowest BCUT2D eigenvalue weighted by molar-refractivity contribution is -0.126. The fraction of sp³-hybridized carbons (Fsp3) is 0.435. The van der Waals surface area contributed by atoms with E-state index in [-0.39, 0.29) is 17.5 Å². The molecular weight excluding hydrogens is 433 g/mol. The van der Waals surface area contributed by atoms with Gasteiger partial charge in [0.05, 0.1) is 30.1 Å². The quantitative estimate of drug-likeness (QED) is 0.486. The lowest BCUT2D eigenvalue weighted by Crippen LogP contribution is -2.30. The van der Waals surface area contributed by atoms with Crippen molar-refractivity contribution in [2.45, 2.75) is 50.9 Å². The molecular formula is C23H25F3N6O. The van der Waals surface area contributed by atoms with Crippen LogP contribution in [0.15, 0.2) is 41.3 Å². The molecule has 2 aromatic heterocycles. The van der Waals surface area contributed by atoms with Gasteiger partial charge in [-0.15, -0.1) is 0 Å². The molecule has 7 nitrogen and oxygen atoms in total. The largest absolute Gasteiger partial charge is 0.401 e. The highest BCUT2D eigenvalue weighted by atomic mass is 19.4. The third-order valence-electron chi connectivity index (χ3n) is 6.12. The number of benzene rings is 1. The Bertz CT molecular complexity index is 1210. The minimum atomic E-state index is -4.27. The van der Waals surface area contributed by atoms with Gasteiger partial charge in [0.15, 0.2) is 5.82 Å². The van der Waals surface area contributed by atoms with Crippen LogP contribution in [0.1, 0.15) is 50.3 Å². The number of nitrogens with one attached hydrogen (secondary N) is 3. The second-order valence-corrected chi connectivity index (χ2v) is 8.41. The predicted octanol–water partition coefficient (Wildman–Crippen LogP) is 4.94. The van der Waals surface area contributed by atoms with Gasteiger partial charge in [0.2, 0.25) is 0 Å². The first kappa shape index (κ1) is 22.9. The molecule has 10 heteroatoms.